The lowest BCUT2D eigenvalue weighted by Crippen LogP contribution is -2.13. The molecule has 4 aromatic rings. The maximum Gasteiger partial charge on any atom is 0.266 e. The van der Waals surface area contributed by atoms with E-state index in [1.807, 2.05) is 80.6 Å². The first-order valence-corrected chi connectivity index (χ1v) is 9.48. The second-order valence-corrected chi connectivity index (χ2v) is 7.17. The van der Waals surface area contributed by atoms with Crippen LogP contribution >= 0.6 is 0 Å². The highest BCUT2D eigenvalue weighted by Gasteiger charge is 2.14. The van der Waals surface area contributed by atoms with Gasteiger partial charge in [-0.1, -0.05) is 78.4 Å². The summed E-state index contributed by atoms with van der Waals surface area (Å²) in [6.45, 7) is 4.00. The Morgan fingerprint density at radius 3 is 2.10 bits per heavy atom. The number of aromatic nitrogens is 1. The average Bonchev–Trinajstić information content (AvgIpc) is 2.75. The van der Waals surface area contributed by atoms with Crippen LogP contribution in [0.15, 0.2) is 83.7 Å². The van der Waals surface area contributed by atoms with Crippen molar-refractivity contribution in [2.24, 2.45) is 0 Å². The molecule has 0 aliphatic heterocycles. The van der Waals surface area contributed by atoms with Gasteiger partial charge in [-0.25, -0.2) is 0 Å². The fourth-order valence-electron chi connectivity index (χ4n) is 3.54. The van der Waals surface area contributed by atoms with E-state index >= 15 is 0 Å². The molecule has 3 aromatic carbocycles. The van der Waals surface area contributed by atoms with Crippen molar-refractivity contribution in [1.29, 1.82) is 5.26 Å². The van der Waals surface area contributed by atoms with E-state index < -0.39 is 0 Å². The zero-order valence-electron chi connectivity index (χ0n) is 16.4. The van der Waals surface area contributed by atoms with E-state index in [0.29, 0.717) is 11.3 Å². The maximum atomic E-state index is 12.6. The molecule has 0 aliphatic rings. The number of nitriles is 1. The van der Waals surface area contributed by atoms with E-state index in [0.717, 1.165) is 33.4 Å². The van der Waals surface area contributed by atoms with Gasteiger partial charge in [0.25, 0.3) is 5.56 Å². The summed E-state index contributed by atoms with van der Waals surface area (Å²) < 4.78 is 0. The number of rotatable bonds is 3. The third-order valence-corrected chi connectivity index (χ3v) is 5.13. The fourth-order valence-corrected chi connectivity index (χ4v) is 3.54. The molecule has 1 N–H and O–H groups in total. The minimum Gasteiger partial charge on any atom is -0.321 e. The molecule has 0 aliphatic carbocycles. The molecule has 0 saturated carbocycles. The Morgan fingerprint density at radius 1 is 0.759 bits per heavy atom. The summed E-state index contributed by atoms with van der Waals surface area (Å²) in [6.07, 6.45) is 0. The molecule has 0 amide bonds. The number of aryl methyl sites for hydroxylation is 2. The molecule has 0 spiro atoms. The number of aromatic amines is 1. The van der Waals surface area contributed by atoms with Crippen LogP contribution in [0.5, 0.6) is 0 Å². The van der Waals surface area contributed by atoms with E-state index in [9.17, 15) is 10.1 Å². The SMILES string of the molecule is Cc1ccc(C)c(-c2cc(-c3ccc(-c4ccccc4)cc3)[nH]c(=O)c2C#N)c1. The van der Waals surface area contributed by atoms with Crippen LogP contribution in [0, 0.1) is 25.2 Å². The van der Waals surface area contributed by atoms with E-state index in [2.05, 4.69) is 23.2 Å². The van der Waals surface area contributed by atoms with Crippen LogP contribution in [0.3, 0.4) is 0 Å². The van der Waals surface area contributed by atoms with Gasteiger partial charge in [0, 0.05) is 11.3 Å². The Hall–Kier alpha value is -3.90. The highest BCUT2D eigenvalue weighted by atomic mass is 16.1. The lowest BCUT2D eigenvalue weighted by molar-refractivity contribution is 1.21. The Balaban J connectivity index is 1.84. The van der Waals surface area contributed by atoms with Gasteiger partial charge >= 0.3 is 0 Å². The van der Waals surface area contributed by atoms with Gasteiger partial charge in [-0.3, -0.25) is 4.79 Å². The van der Waals surface area contributed by atoms with Crippen molar-refractivity contribution in [2.45, 2.75) is 13.8 Å². The van der Waals surface area contributed by atoms with Crippen molar-refractivity contribution < 1.29 is 0 Å². The van der Waals surface area contributed by atoms with Crippen LogP contribution < -0.4 is 5.56 Å². The summed E-state index contributed by atoms with van der Waals surface area (Å²) in [5.41, 5.74) is 7.32. The van der Waals surface area contributed by atoms with Crippen LogP contribution in [0.2, 0.25) is 0 Å². The standard InChI is InChI=1S/C26H20N2O/c1-17-8-9-18(2)22(14-17)23-15-25(28-26(29)24(23)16-27)21-12-10-20(11-13-21)19-6-4-3-5-7-19/h3-15H,1-2H3,(H,28,29). The molecular weight excluding hydrogens is 356 g/mol. The molecule has 0 saturated heterocycles. The number of nitrogens with zero attached hydrogens (tertiary/aromatic N) is 1. The Morgan fingerprint density at radius 2 is 1.41 bits per heavy atom. The zero-order chi connectivity index (χ0) is 20.4. The third kappa shape index (κ3) is 3.61. The van der Waals surface area contributed by atoms with E-state index in [1.54, 1.807) is 0 Å². The molecular formula is C26H20N2O. The predicted molar refractivity (Wildman–Crippen MR) is 118 cm³/mol. The molecule has 0 radical (unpaired) electrons. The molecule has 0 atom stereocenters. The lowest BCUT2D eigenvalue weighted by Gasteiger charge is -2.12. The molecule has 140 valence electrons. The van der Waals surface area contributed by atoms with Gasteiger partial charge in [-0.15, -0.1) is 0 Å². The van der Waals surface area contributed by atoms with Crippen LogP contribution in [0.25, 0.3) is 33.5 Å². The van der Waals surface area contributed by atoms with Gasteiger partial charge in [-0.05, 0) is 47.7 Å². The van der Waals surface area contributed by atoms with Crippen LogP contribution in [0.4, 0.5) is 0 Å². The first-order valence-electron chi connectivity index (χ1n) is 9.48. The van der Waals surface area contributed by atoms with Gasteiger partial charge in [-0.2, -0.15) is 5.26 Å². The number of nitrogens with one attached hydrogen (secondary N) is 1. The van der Waals surface area contributed by atoms with Crippen molar-refractivity contribution in [3.63, 3.8) is 0 Å². The minimum atomic E-state index is -0.368. The van der Waals surface area contributed by atoms with Gasteiger partial charge in [0.2, 0.25) is 0 Å². The summed E-state index contributed by atoms with van der Waals surface area (Å²) >= 11 is 0. The first-order chi connectivity index (χ1) is 14.1. The highest BCUT2D eigenvalue weighted by molar-refractivity contribution is 5.78. The van der Waals surface area contributed by atoms with Gasteiger partial charge in [0.15, 0.2) is 0 Å². The van der Waals surface area contributed by atoms with E-state index in [-0.39, 0.29) is 11.1 Å². The fraction of sp³-hybridized carbons (Fsp3) is 0.0769. The molecule has 3 heteroatoms. The van der Waals surface area contributed by atoms with E-state index in [4.69, 9.17) is 0 Å². The topological polar surface area (TPSA) is 56.6 Å². The summed E-state index contributed by atoms with van der Waals surface area (Å²) in [5.74, 6) is 0. The maximum absolute atomic E-state index is 12.6. The monoisotopic (exact) mass is 376 g/mol. The molecule has 0 fully saturated rings. The number of H-pyrrole nitrogens is 1. The first kappa shape index (κ1) is 18.5. The summed E-state index contributed by atoms with van der Waals surface area (Å²) in [4.78, 5) is 15.5. The van der Waals surface area contributed by atoms with Gasteiger partial charge in [0.05, 0.1) is 0 Å². The highest BCUT2D eigenvalue weighted by Crippen LogP contribution is 2.30. The average molecular weight is 376 g/mol. The number of benzene rings is 3. The van der Waals surface area contributed by atoms with Crippen molar-refractivity contribution in [3.8, 4) is 39.6 Å². The van der Waals surface area contributed by atoms with Crippen molar-refractivity contribution in [2.75, 3.05) is 0 Å². The summed E-state index contributed by atoms with van der Waals surface area (Å²) in [5, 5.41) is 9.57. The number of pyridine rings is 1. The van der Waals surface area contributed by atoms with Gasteiger partial charge in [0.1, 0.15) is 11.6 Å². The predicted octanol–water partition coefficient (Wildman–Crippen LogP) is 5.86. The quantitative estimate of drug-likeness (QED) is 0.486. The number of hydrogen-bond donors (Lipinski definition) is 1. The van der Waals surface area contributed by atoms with Crippen LogP contribution in [-0.4, -0.2) is 4.98 Å². The molecule has 1 heterocycles. The lowest BCUT2D eigenvalue weighted by atomic mass is 9.94. The smallest absolute Gasteiger partial charge is 0.266 e. The van der Waals surface area contributed by atoms with Crippen molar-refractivity contribution in [1.82, 2.24) is 4.98 Å². The van der Waals surface area contributed by atoms with Crippen LogP contribution in [-0.2, 0) is 0 Å². The van der Waals surface area contributed by atoms with Crippen molar-refractivity contribution >= 4 is 0 Å². The number of hydrogen-bond acceptors (Lipinski definition) is 2. The molecule has 3 nitrogen and oxygen atoms in total. The second kappa shape index (κ2) is 7.61. The van der Waals surface area contributed by atoms with Crippen LogP contribution in [0.1, 0.15) is 16.7 Å². The molecule has 29 heavy (non-hydrogen) atoms. The Bertz CT molecular complexity index is 1280. The molecule has 1 aromatic heterocycles. The summed E-state index contributed by atoms with van der Waals surface area (Å²) in [7, 11) is 0. The summed E-state index contributed by atoms with van der Waals surface area (Å²) in [6, 6.07) is 28.3. The molecule has 4 rings (SSSR count). The molecule has 0 bridgehead atoms. The molecule has 0 unspecified atom stereocenters. The second-order valence-electron chi connectivity index (χ2n) is 7.17. The van der Waals surface area contributed by atoms with Crippen molar-refractivity contribution in [3.05, 3.63) is 106 Å². The Kier molecular flexibility index (Phi) is 4.85. The largest absolute Gasteiger partial charge is 0.321 e. The Labute approximate surface area is 169 Å². The zero-order valence-corrected chi connectivity index (χ0v) is 16.4. The normalized spacial score (nSPS) is 10.5. The third-order valence-electron chi connectivity index (χ3n) is 5.13. The van der Waals surface area contributed by atoms with Gasteiger partial charge < -0.3 is 4.98 Å². The minimum absolute atomic E-state index is 0.142. The van der Waals surface area contributed by atoms with E-state index in [1.165, 1.54) is 0 Å².